The van der Waals surface area contributed by atoms with Crippen LogP contribution in [0.15, 0.2) is 54.6 Å². The van der Waals surface area contributed by atoms with Gasteiger partial charge in [0.1, 0.15) is 26.2 Å². The highest BCUT2D eigenvalue weighted by Crippen LogP contribution is 2.28. The third kappa shape index (κ3) is 5.66. The van der Waals surface area contributed by atoms with E-state index < -0.39 is 0 Å². The highest BCUT2D eigenvalue weighted by molar-refractivity contribution is 6.04. The number of hydrogen-bond acceptors (Lipinski definition) is 4. The van der Waals surface area contributed by atoms with Gasteiger partial charge in [0.15, 0.2) is 17.5 Å². The normalized spacial score (nSPS) is 23.0. The molecule has 2 heterocycles. The van der Waals surface area contributed by atoms with E-state index in [1.807, 2.05) is 36.4 Å². The number of ether oxygens (including phenoxy) is 2. The standard InChI is InChI=1S/C27H33N3O4/c1-33-24-11-10-22(19-25(24)34-2)12-14-30-26(31)20-23(27(30)32)29-17-15-28(16-18-29)13-6-9-21-7-4-3-5-8-21/h3-11,19,23H,12-18,20H2,1-2H3/p+2/b9-6+/t23-/m0/s1. The Labute approximate surface area is 201 Å². The number of piperazine rings is 1. The van der Waals surface area contributed by atoms with Crippen LogP contribution in [0.1, 0.15) is 17.5 Å². The van der Waals surface area contributed by atoms with Crippen molar-refractivity contribution in [3.8, 4) is 11.5 Å². The minimum atomic E-state index is -0.237. The van der Waals surface area contributed by atoms with E-state index in [9.17, 15) is 9.59 Å². The van der Waals surface area contributed by atoms with Crippen LogP contribution in [-0.4, -0.2) is 76.2 Å². The number of nitrogens with one attached hydrogen (secondary N) is 2. The molecule has 4 rings (SSSR count). The first-order valence-electron chi connectivity index (χ1n) is 12.0. The van der Waals surface area contributed by atoms with Crippen molar-refractivity contribution in [3.63, 3.8) is 0 Å². The van der Waals surface area contributed by atoms with Crippen LogP contribution in [0.4, 0.5) is 0 Å². The lowest BCUT2D eigenvalue weighted by atomic mass is 10.1. The zero-order valence-corrected chi connectivity index (χ0v) is 20.1. The summed E-state index contributed by atoms with van der Waals surface area (Å²) in [5.41, 5.74) is 2.23. The van der Waals surface area contributed by atoms with E-state index in [0.29, 0.717) is 30.9 Å². The SMILES string of the molecule is COc1ccc(CCN2C(=O)C[C@H]([NH+]3CC[NH+](C/C=C/c4ccccc4)CC3)C2=O)cc1OC. The molecule has 2 amide bonds. The van der Waals surface area contributed by atoms with Crippen molar-refractivity contribution in [1.82, 2.24) is 4.90 Å². The Kier molecular flexibility index (Phi) is 7.98. The minimum absolute atomic E-state index is 0.0205. The van der Waals surface area contributed by atoms with Crippen LogP contribution in [0.5, 0.6) is 11.5 Å². The van der Waals surface area contributed by atoms with E-state index in [0.717, 1.165) is 38.3 Å². The van der Waals surface area contributed by atoms with Gasteiger partial charge in [-0.1, -0.05) is 42.5 Å². The monoisotopic (exact) mass is 465 g/mol. The van der Waals surface area contributed by atoms with Gasteiger partial charge >= 0.3 is 0 Å². The molecule has 180 valence electrons. The molecule has 2 saturated heterocycles. The largest absolute Gasteiger partial charge is 0.493 e. The molecule has 7 heteroatoms. The number of imide groups is 1. The molecule has 0 spiro atoms. The topological polar surface area (TPSA) is 64.7 Å². The Hall–Kier alpha value is -3.16. The van der Waals surface area contributed by atoms with E-state index in [1.54, 1.807) is 14.2 Å². The van der Waals surface area contributed by atoms with Gasteiger partial charge in [-0.2, -0.15) is 0 Å². The lowest BCUT2D eigenvalue weighted by Gasteiger charge is -2.31. The molecule has 7 nitrogen and oxygen atoms in total. The smallest absolute Gasteiger partial charge is 0.288 e. The predicted octanol–water partition coefficient (Wildman–Crippen LogP) is -0.129. The molecule has 34 heavy (non-hydrogen) atoms. The molecular formula is C27H35N3O4+2. The van der Waals surface area contributed by atoms with Crippen molar-refractivity contribution in [3.05, 3.63) is 65.7 Å². The van der Waals surface area contributed by atoms with Crippen LogP contribution in [0.25, 0.3) is 6.08 Å². The number of amides is 2. The third-order valence-electron chi connectivity index (χ3n) is 6.92. The summed E-state index contributed by atoms with van der Waals surface area (Å²) in [4.78, 5) is 30.0. The second-order valence-corrected chi connectivity index (χ2v) is 9.01. The molecule has 0 aromatic heterocycles. The predicted molar refractivity (Wildman–Crippen MR) is 130 cm³/mol. The number of hydrogen-bond donors (Lipinski definition) is 2. The van der Waals surface area contributed by atoms with Crippen molar-refractivity contribution < 1.29 is 28.9 Å². The van der Waals surface area contributed by atoms with Crippen LogP contribution in [0, 0.1) is 0 Å². The molecule has 2 aliphatic rings. The Morgan fingerprint density at radius 1 is 0.971 bits per heavy atom. The minimum Gasteiger partial charge on any atom is -0.493 e. The first-order valence-corrected chi connectivity index (χ1v) is 12.0. The van der Waals surface area contributed by atoms with Crippen molar-refractivity contribution >= 4 is 17.9 Å². The van der Waals surface area contributed by atoms with E-state index in [4.69, 9.17) is 9.47 Å². The molecule has 0 radical (unpaired) electrons. The van der Waals surface area contributed by atoms with Crippen molar-refractivity contribution in [1.29, 1.82) is 0 Å². The summed E-state index contributed by atoms with van der Waals surface area (Å²) in [5.74, 6) is 1.25. The summed E-state index contributed by atoms with van der Waals surface area (Å²) in [7, 11) is 3.20. The average molecular weight is 466 g/mol. The fourth-order valence-corrected chi connectivity index (χ4v) is 4.92. The van der Waals surface area contributed by atoms with Crippen LogP contribution < -0.4 is 19.3 Å². The first-order chi connectivity index (χ1) is 16.6. The van der Waals surface area contributed by atoms with Gasteiger partial charge in [-0.05, 0) is 35.8 Å². The fraction of sp³-hybridized carbons (Fsp3) is 0.407. The number of benzene rings is 2. The number of rotatable bonds is 9. The maximum atomic E-state index is 13.1. The molecule has 2 aliphatic heterocycles. The highest BCUT2D eigenvalue weighted by atomic mass is 16.5. The summed E-state index contributed by atoms with van der Waals surface area (Å²) < 4.78 is 10.6. The summed E-state index contributed by atoms with van der Waals surface area (Å²) in [6, 6.07) is 15.8. The Morgan fingerprint density at radius 3 is 2.41 bits per heavy atom. The maximum absolute atomic E-state index is 13.1. The van der Waals surface area contributed by atoms with Crippen LogP contribution in [-0.2, 0) is 16.0 Å². The summed E-state index contributed by atoms with van der Waals surface area (Å²) in [6.07, 6.45) is 5.33. The number of nitrogens with zero attached hydrogens (tertiary/aromatic N) is 1. The van der Waals surface area contributed by atoms with Gasteiger partial charge in [0.05, 0.1) is 27.2 Å². The molecule has 2 aromatic rings. The lowest BCUT2D eigenvalue weighted by Crippen LogP contribution is -3.30. The number of methoxy groups -OCH3 is 2. The molecule has 2 fully saturated rings. The number of likely N-dealkylation sites (tertiary alicyclic amines) is 1. The summed E-state index contributed by atoms with van der Waals surface area (Å²) >= 11 is 0. The summed E-state index contributed by atoms with van der Waals surface area (Å²) in [5, 5.41) is 0. The molecule has 2 N–H and O–H groups in total. The molecule has 0 bridgehead atoms. The van der Waals surface area contributed by atoms with Crippen LogP contribution in [0.2, 0.25) is 0 Å². The molecule has 1 atom stereocenters. The van der Waals surface area contributed by atoms with E-state index in [2.05, 4.69) is 24.3 Å². The number of carbonyl (C=O) groups is 2. The summed E-state index contributed by atoms with van der Waals surface area (Å²) in [6.45, 7) is 5.25. The lowest BCUT2D eigenvalue weighted by molar-refractivity contribution is -1.02. The van der Waals surface area contributed by atoms with Gasteiger partial charge < -0.3 is 19.3 Å². The van der Waals surface area contributed by atoms with E-state index in [-0.39, 0.29) is 17.9 Å². The van der Waals surface area contributed by atoms with Gasteiger partial charge in [-0.3, -0.25) is 14.5 Å². The van der Waals surface area contributed by atoms with E-state index >= 15 is 0 Å². The van der Waals surface area contributed by atoms with E-state index in [1.165, 1.54) is 20.3 Å². The molecule has 0 aliphatic carbocycles. The maximum Gasteiger partial charge on any atom is 0.288 e. The van der Waals surface area contributed by atoms with Gasteiger partial charge in [-0.25, -0.2) is 0 Å². The van der Waals surface area contributed by atoms with Crippen molar-refractivity contribution in [2.45, 2.75) is 18.9 Å². The van der Waals surface area contributed by atoms with Crippen molar-refractivity contribution in [2.24, 2.45) is 0 Å². The number of quaternary nitrogens is 2. The number of carbonyl (C=O) groups excluding carboxylic acids is 2. The average Bonchev–Trinajstić information content (AvgIpc) is 3.16. The second kappa shape index (κ2) is 11.3. The van der Waals surface area contributed by atoms with Gasteiger partial charge in [0, 0.05) is 6.54 Å². The van der Waals surface area contributed by atoms with Gasteiger partial charge in [-0.15, -0.1) is 0 Å². The van der Waals surface area contributed by atoms with Crippen molar-refractivity contribution in [2.75, 3.05) is 53.5 Å². The quantitative estimate of drug-likeness (QED) is 0.507. The first kappa shape index (κ1) is 24.0. The van der Waals surface area contributed by atoms with Gasteiger partial charge in [0.25, 0.3) is 5.91 Å². The Bertz CT molecular complexity index is 1020. The van der Waals surface area contributed by atoms with Gasteiger partial charge in [0.2, 0.25) is 5.91 Å². The second-order valence-electron chi connectivity index (χ2n) is 9.01. The van der Waals surface area contributed by atoms with Crippen LogP contribution >= 0.6 is 0 Å². The molecule has 0 unspecified atom stereocenters. The molecule has 2 aromatic carbocycles. The zero-order valence-electron chi connectivity index (χ0n) is 20.1. The zero-order chi connectivity index (χ0) is 23.9. The third-order valence-corrected chi connectivity index (χ3v) is 6.92. The molecule has 0 saturated carbocycles. The Morgan fingerprint density at radius 2 is 1.71 bits per heavy atom. The molecular weight excluding hydrogens is 430 g/mol. The highest BCUT2D eigenvalue weighted by Gasteiger charge is 2.45. The van der Waals surface area contributed by atoms with Crippen LogP contribution in [0.3, 0.4) is 0 Å². The fourth-order valence-electron chi connectivity index (χ4n) is 4.92. The Balaban J connectivity index is 1.26.